The molecule has 1 aromatic carbocycles. The molecule has 1 spiro atoms. The Morgan fingerprint density at radius 3 is 2.35 bits per heavy atom. The first-order valence-corrected chi connectivity index (χ1v) is 11.8. The number of hydrogen-bond donors (Lipinski definition) is 2. The second kappa shape index (κ2) is 11.6. The zero-order valence-electron chi connectivity index (χ0n) is 20.7. The summed E-state index contributed by atoms with van der Waals surface area (Å²) in [6, 6.07) is 9.41. The summed E-state index contributed by atoms with van der Waals surface area (Å²) in [5.41, 5.74) is 1.68. The van der Waals surface area contributed by atoms with Crippen molar-refractivity contribution < 1.29 is 32.7 Å². The van der Waals surface area contributed by atoms with Crippen LogP contribution in [0.15, 0.2) is 42.7 Å². The Morgan fingerprint density at radius 1 is 1.14 bits per heavy atom. The summed E-state index contributed by atoms with van der Waals surface area (Å²) in [6.07, 6.45) is -0.690. The molecule has 1 unspecified atom stereocenters. The van der Waals surface area contributed by atoms with Gasteiger partial charge in [0.25, 0.3) is 0 Å². The number of carbonyl (C=O) groups excluding carboxylic acids is 2. The molecule has 2 fully saturated rings. The number of likely N-dealkylation sites (tertiary alicyclic amines) is 1. The highest BCUT2D eigenvalue weighted by atomic mass is 19.4. The summed E-state index contributed by atoms with van der Waals surface area (Å²) in [5, 5.41) is 14.4. The summed E-state index contributed by atoms with van der Waals surface area (Å²) in [6.45, 7) is 6.95. The number of carboxylic acids is 1. The van der Waals surface area contributed by atoms with Crippen molar-refractivity contribution in [3.63, 3.8) is 0 Å². The van der Waals surface area contributed by atoms with Crippen LogP contribution < -0.4 is 5.32 Å². The van der Waals surface area contributed by atoms with E-state index in [1.54, 1.807) is 4.68 Å². The zero-order valence-corrected chi connectivity index (χ0v) is 20.7. The van der Waals surface area contributed by atoms with Crippen LogP contribution >= 0.6 is 0 Å². The number of rotatable bonds is 4. The number of halogens is 3. The van der Waals surface area contributed by atoms with Crippen molar-refractivity contribution in [1.82, 2.24) is 24.5 Å². The Morgan fingerprint density at radius 2 is 1.81 bits per heavy atom. The van der Waals surface area contributed by atoms with Crippen molar-refractivity contribution in [3.05, 3.63) is 48.3 Å². The lowest BCUT2D eigenvalue weighted by Crippen LogP contribution is -2.45. The Kier molecular flexibility index (Phi) is 8.79. The molecule has 0 aliphatic carbocycles. The number of anilines is 1. The van der Waals surface area contributed by atoms with Gasteiger partial charge in [-0.25, -0.2) is 9.59 Å². The fourth-order valence-electron chi connectivity index (χ4n) is 4.68. The molecule has 1 aromatic heterocycles. The minimum absolute atomic E-state index is 0.105. The number of nitrogens with zero attached hydrogens (tertiary/aromatic N) is 5. The number of alkyl halides is 3. The summed E-state index contributed by atoms with van der Waals surface area (Å²) < 4.78 is 33.5. The standard InChI is InChI=1S/C22H30N6O2.C2HF3O2/c1-3-27-16-22(11-20(27)29)15-26(14-18-12-23-25(2)13-18)9-10-28(17-22)21(30)24-19-7-5-4-6-8-19;3-2(4,5)1(6)7/h4-8,12-13H,3,9-11,14-17H2,1-2H3,(H,24,30);(H,6,7). The first-order valence-electron chi connectivity index (χ1n) is 11.8. The summed E-state index contributed by atoms with van der Waals surface area (Å²) in [4.78, 5) is 40.7. The maximum absolute atomic E-state index is 13.0. The fraction of sp³-hybridized carbons (Fsp3) is 0.500. The minimum atomic E-state index is -5.08. The van der Waals surface area contributed by atoms with Gasteiger partial charge in [-0.15, -0.1) is 0 Å². The van der Waals surface area contributed by atoms with Gasteiger partial charge in [0.2, 0.25) is 5.91 Å². The Labute approximate surface area is 212 Å². The predicted molar refractivity (Wildman–Crippen MR) is 129 cm³/mol. The smallest absolute Gasteiger partial charge is 0.475 e. The average Bonchev–Trinajstić information content (AvgIpc) is 3.32. The van der Waals surface area contributed by atoms with Crippen LogP contribution in [-0.2, 0) is 23.2 Å². The molecule has 37 heavy (non-hydrogen) atoms. The van der Waals surface area contributed by atoms with Gasteiger partial charge in [0.1, 0.15) is 0 Å². The monoisotopic (exact) mass is 524 g/mol. The fourth-order valence-corrected chi connectivity index (χ4v) is 4.68. The number of urea groups is 1. The molecule has 13 heteroatoms. The first kappa shape index (κ1) is 28.0. The first-order chi connectivity index (χ1) is 17.4. The molecule has 3 amide bonds. The van der Waals surface area contributed by atoms with Gasteiger partial charge in [0.05, 0.1) is 6.20 Å². The van der Waals surface area contributed by atoms with Gasteiger partial charge >= 0.3 is 18.2 Å². The highest BCUT2D eigenvalue weighted by Gasteiger charge is 2.46. The number of para-hydroxylation sites is 1. The van der Waals surface area contributed by atoms with Gasteiger partial charge in [-0.3, -0.25) is 14.4 Å². The molecule has 2 saturated heterocycles. The van der Waals surface area contributed by atoms with Crippen LogP contribution in [0.5, 0.6) is 0 Å². The number of carboxylic acid groups (broad SMARTS) is 1. The lowest BCUT2D eigenvalue weighted by atomic mass is 9.86. The number of aromatic nitrogens is 2. The number of benzene rings is 1. The van der Waals surface area contributed by atoms with Crippen molar-refractivity contribution in [1.29, 1.82) is 0 Å². The highest BCUT2D eigenvalue weighted by Crippen LogP contribution is 2.35. The molecular formula is C24H31F3N6O4. The summed E-state index contributed by atoms with van der Waals surface area (Å²) in [5.74, 6) is -2.57. The van der Waals surface area contributed by atoms with Gasteiger partial charge < -0.3 is 20.2 Å². The lowest BCUT2D eigenvalue weighted by Gasteiger charge is -2.33. The van der Waals surface area contributed by atoms with Crippen LogP contribution in [-0.4, -0.2) is 92.9 Å². The van der Waals surface area contributed by atoms with E-state index in [1.807, 2.05) is 66.5 Å². The van der Waals surface area contributed by atoms with Gasteiger partial charge in [0, 0.05) is 82.1 Å². The van der Waals surface area contributed by atoms with E-state index in [9.17, 15) is 22.8 Å². The van der Waals surface area contributed by atoms with Crippen molar-refractivity contribution in [3.8, 4) is 0 Å². The largest absolute Gasteiger partial charge is 0.490 e. The third kappa shape index (κ3) is 7.68. The minimum Gasteiger partial charge on any atom is -0.475 e. The Hall–Kier alpha value is -3.61. The normalized spacial score (nSPS) is 20.4. The molecule has 3 heterocycles. The molecule has 0 bridgehead atoms. The highest BCUT2D eigenvalue weighted by molar-refractivity contribution is 5.89. The molecular weight excluding hydrogens is 493 g/mol. The molecule has 2 N–H and O–H groups in total. The van der Waals surface area contributed by atoms with Gasteiger partial charge in [-0.2, -0.15) is 18.3 Å². The van der Waals surface area contributed by atoms with E-state index < -0.39 is 12.1 Å². The van der Waals surface area contributed by atoms with E-state index in [0.29, 0.717) is 32.6 Å². The van der Waals surface area contributed by atoms with Crippen molar-refractivity contribution in [2.75, 3.05) is 44.6 Å². The second-order valence-corrected chi connectivity index (χ2v) is 9.34. The third-order valence-electron chi connectivity index (χ3n) is 6.28. The lowest BCUT2D eigenvalue weighted by molar-refractivity contribution is -0.192. The van der Waals surface area contributed by atoms with Crippen LogP contribution in [0.1, 0.15) is 18.9 Å². The molecule has 2 aromatic rings. The number of aliphatic carboxylic acids is 1. The van der Waals surface area contributed by atoms with Gasteiger partial charge in [-0.1, -0.05) is 18.2 Å². The quantitative estimate of drug-likeness (QED) is 0.636. The van der Waals surface area contributed by atoms with Gasteiger partial charge in [0.15, 0.2) is 0 Å². The van der Waals surface area contributed by atoms with Crippen LogP contribution in [0, 0.1) is 5.41 Å². The maximum atomic E-state index is 13.0. The maximum Gasteiger partial charge on any atom is 0.490 e. The average molecular weight is 525 g/mol. The second-order valence-electron chi connectivity index (χ2n) is 9.34. The molecule has 0 saturated carbocycles. The van der Waals surface area contributed by atoms with E-state index >= 15 is 0 Å². The molecule has 2 aliphatic rings. The number of nitrogens with one attached hydrogen (secondary N) is 1. The van der Waals surface area contributed by atoms with Crippen molar-refractivity contribution in [2.45, 2.75) is 26.1 Å². The zero-order chi connectivity index (χ0) is 27.2. The summed E-state index contributed by atoms with van der Waals surface area (Å²) >= 11 is 0. The molecule has 10 nitrogen and oxygen atoms in total. The van der Waals surface area contributed by atoms with E-state index in [1.165, 1.54) is 0 Å². The molecule has 202 valence electrons. The van der Waals surface area contributed by atoms with Crippen LogP contribution in [0.4, 0.5) is 23.7 Å². The van der Waals surface area contributed by atoms with Crippen LogP contribution in [0.3, 0.4) is 0 Å². The van der Waals surface area contributed by atoms with Crippen LogP contribution in [0.25, 0.3) is 0 Å². The molecule has 4 rings (SSSR count). The van der Waals surface area contributed by atoms with Crippen molar-refractivity contribution >= 4 is 23.6 Å². The number of aryl methyl sites for hydroxylation is 1. The predicted octanol–water partition coefficient (Wildman–Crippen LogP) is 2.64. The Balaban J connectivity index is 0.000000479. The van der Waals surface area contributed by atoms with Crippen LogP contribution in [0.2, 0.25) is 0 Å². The topological polar surface area (TPSA) is 111 Å². The van der Waals surface area contributed by atoms with Gasteiger partial charge in [-0.05, 0) is 19.1 Å². The summed E-state index contributed by atoms with van der Waals surface area (Å²) in [7, 11) is 1.91. The SMILES string of the molecule is CCN1CC2(CC1=O)CN(Cc1cnn(C)c1)CCN(C(=O)Nc1ccccc1)C2.O=C(O)C(F)(F)F. The number of amides is 3. The van der Waals surface area contributed by atoms with Crippen molar-refractivity contribution in [2.24, 2.45) is 12.5 Å². The van der Waals surface area contributed by atoms with E-state index in [0.717, 1.165) is 30.9 Å². The number of carbonyl (C=O) groups is 3. The molecule has 2 aliphatic heterocycles. The Bertz CT molecular complexity index is 1090. The van der Waals surface area contributed by atoms with E-state index in [2.05, 4.69) is 15.3 Å². The number of hydrogen-bond acceptors (Lipinski definition) is 5. The van der Waals surface area contributed by atoms with E-state index in [-0.39, 0.29) is 17.4 Å². The van der Waals surface area contributed by atoms with E-state index in [4.69, 9.17) is 9.90 Å². The molecule has 1 atom stereocenters. The molecule has 0 radical (unpaired) electrons. The third-order valence-corrected chi connectivity index (χ3v) is 6.28.